The predicted octanol–water partition coefficient (Wildman–Crippen LogP) is 0.727. The van der Waals surface area contributed by atoms with Crippen LogP contribution >= 0.6 is 0 Å². The lowest BCUT2D eigenvalue weighted by molar-refractivity contribution is -0.121. The Bertz CT molecular complexity index is 371. The lowest BCUT2D eigenvalue weighted by Crippen LogP contribution is -2.32. The standard InChI is InChI=1S/C11H17N3O2/c1-7-4-9(14-16-7)6-13-11(15)5-10(12)8-2-3-8/h4,8,10H,2-3,5-6,12H2,1H3,(H,13,15). The van der Waals surface area contributed by atoms with Gasteiger partial charge in [-0.3, -0.25) is 4.79 Å². The highest BCUT2D eigenvalue weighted by Crippen LogP contribution is 2.32. The second-order valence-electron chi connectivity index (χ2n) is 4.41. The number of aromatic nitrogens is 1. The zero-order valence-electron chi connectivity index (χ0n) is 9.40. The average molecular weight is 223 g/mol. The molecule has 1 heterocycles. The molecule has 0 bridgehead atoms. The molecular weight excluding hydrogens is 206 g/mol. The third kappa shape index (κ3) is 3.06. The van der Waals surface area contributed by atoms with Crippen molar-refractivity contribution < 1.29 is 9.32 Å². The molecule has 3 N–H and O–H groups in total. The van der Waals surface area contributed by atoms with Crippen molar-refractivity contribution in [1.29, 1.82) is 0 Å². The second-order valence-corrected chi connectivity index (χ2v) is 4.41. The number of nitrogens with one attached hydrogen (secondary N) is 1. The molecular formula is C11H17N3O2. The lowest BCUT2D eigenvalue weighted by atomic mass is 10.1. The van der Waals surface area contributed by atoms with Gasteiger partial charge in [0.25, 0.3) is 0 Å². The first-order valence-corrected chi connectivity index (χ1v) is 5.59. The first kappa shape index (κ1) is 11.1. The Kier molecular flexibility index (Phi) is 3.24. The average Bonchev–Trinajstić information content (AvgIpc) is 3.00. The maximum absolute atomic E-state index is 11.5. The van der Waals surface area contributed by atoms with Crippen molar-refractivity contribution >= 4 is 5.91 Å². The molecule has 1 aromatic rings. The minimum absolute atomic E-state index is 0.0130. The minimum atomic E-state index is -0.0138. The SMILES string of the molecule is Cc1cc(CNC(=O)CC(N)C2CC2)no1. The summed E-state index contributed by atoms with van der Waals surface area (Å²) in [5.41, 5.74) is 6.60. The smallest absolute Gasteiger partial charge is 0.221 e. The van der Waals surface area contributed by atoms with Crippen molar-refractivity contribution in [3.05, 3.63) is 17.5 Å². The van der Waals surface area contributed by atoms with Gasteiger partial charge in [0.2, 0.25) is 5.91 Å². The minimum Gasteiger partial charge on any atom is -0.361 e. The Morgan fingerprint density at radius 2 is 2.50 bits per heavy atom. The van der Waals surface area contributed by atoms with Gasteiger partial charge >= 0.3 is 0 Å². The first-order chi connectivity index (χ1) is 7.65. The Labute approximate surface area is 94.4 Å². The number of amides is 1. The number of nitrogens with zero attached hydrogens (tertiary/aromatic N) is 1. The van der Waals surface area contributed by atoms with Gasteiger partial charge in [-0.05, 0) is 25.7 Å². The van der Waals surface area contributed by atoms with Crippen LogP contribution in [0.5, 0.6) is 0 Å². The summed E-state index contributed by atoms with van der Waals surface area (Å²) in [6, 6.07) is 1.82. The van der Waals surface area contributed by atoms with E-state index < -0.39 is 0 Å². The summed E-state index contributed by atoms with van der Waals surface area (Å²) in [6.07, 6.45) is 2.73. The molecule has 1 aliphatic carbocycles. The van der Waals surface area contributed by atoms with Crippen LogP contribution in [0.1, 0.15) is 30.7 Å². The van der Waals surface area contributed by atoms with Crippen LogP contribution in [0, 0.1) is 12.8 Å². The maximum atomic E-state index is 11.5. The van der Waals surface area contributed by atoms with E-state index in [9.17, 15) is 4.79 Å². The number of aryl methyl sites for hydroxylation is 1. The molecule has 1 fully saturated rings. The Balaban J connectivity index is 1.70. The molecule has 1 atom stereocenters. The molecule has 88 valence electrons. The Hall–Kier alpha value is -1.36. The summed E-state index contributed by atoms with van der Waals surface area (Å²) >= 11 is 0. The van der Waals surface area contributed by atoms with Gasteiger partial charge < -0.3 is 15.6 Å². The zero-order chi connectivity index (χ0) is 11.5. The molecule has 2 rings (SSSR count). The molecule has 1 amide bonds. The van der Waals surface area contributed by atoms with Crippen molar-refractivity contribution in [3.63, 3.8) is 0 Å². The van der Waals surface area contributed by atoms with Gasteiger partial charge in [0.1, 0.15) is 11.5 Å². The van der Waals surface area contributed by atoms with Crippen LogP contribution in [0.15, 0.2) is 10.6 Å². The van der Waals surface area contributed by atoms with Crippen molar-refractivity contribution in [2.75, 3.05) is 0 Å². The summed E-state index contributed by atoms with van der Waals surface area (Å²) in [5, 5.41) is 6.58. The van der Waals surface area contributed by atoms with Crippen LogP contribution in [0.3, 0.4) is 0 Å². The van der Waals surface area contributed by atoms with Gasteiger partial charge in [-0.15, -0.1) is 0 Å². The van der Waals surface area contributed by atoms with E-state index in [1.807, 2.05) is 6.92 Å². The molecule has 0 spiro atoms. The lowest BCUT2D eigenvalue weighted by Gasteiger charge is -2.09. The van der Waals surface area contributed by atoms with Crippen LogP contribution in [0.2, 0.25) is 0 Å². The third-order valence-corrected chi connectivity index (χ3v) is 2.79. The van der Waals surface area contributed by atoms with E-state index in [1.54, 1.807) is 6.07 Å². The van der Waals surface area contributed by atoms with E-state index >= 15 is 0 Å². The van der Waals surface area contributed by atoms with Gasteiger partial charge in [0.15, 0.2) is 0 Å². The van der Waals surface area contributed by atoms with Crippen molar-refractivity contribution in [2.45, 2.75) is 38.8 Å². The van der Waals surface area contributed by atoms with E-state index in [0.717, 1.165) is 24.3 Å². The summed E-state index contributed by atoms with van der Waals surface area (Å²) in [5.74, 6) is 1.29. The number of carbonyl (C=O) groups excluding carboxylic acids is 1. The topological polar surface area (TPSA) is 81.2 Å². The summed E-state index contributed by atoms with van der Waals surface area (Å²) in [7, 11) is 0. The highest BCUT2D eigenvalue weighted by molar-refractivity contribution is 5.76. The van der Waals surface area contributed by atoms with Crippen LogP contribution in [0.25, 0.3) is 0 Å². The Morgan fingerprint density at radius 1 is 1.75 bits per heavy atom. The fraction of sp³-hybridized carbons (Fsp3) is 0.636. The highest BCUT2D eigenvalue weighted by Gasteiger charge is 2.29. The molecule has 0 radical (unpaired) electrons. The molecule has 1 aliphatic rings. The van der Waals surface area contributed by atoms with Crippen molar-refractivity contribution in [1.82, 2.24) is 10.5 Å². The van der Waals surface area contributed by atoms with E-state index in [-0.39, 0.29) is 11.9 Å². The molecule has 0 aliphatic heterocycles. The van der Waals surface area contributed by atoms with E-state index in [1.165, 1.54) is 0 Å². The molecule has 5 heteroatoms. The van der Waals surface area contributed by atoms with Crippen LogP contribution in [-0.4, -0.2) is 17.1 Å². The van der Waals surface area contributed by atoms with Gasteiger partial charge in [-0.2, -0.15) is 0 Å². The van der Waals surface area contributed by atoms with E-state index in [4.69, 9.17) is 10.3 Å². The van der Waals surface area contributed by atoms with Crippen LogP contribution < -0.4 is 11.1 Å². The predicted molar refractivity (Wildman–Crippen MR) is 58.4 cm³/mol. The molecule has 1 saturated carbocycles. The van der Waals surface area contributed by atoms with E-state index in [0.29, 0.717) is 18.9 Å². The summed E-state index contributed by atoms with van der Waals surface area (Å²) < 4.78 is 4.90. The van der Waals surface area contributed by atoms with Gasteiger partial charge in [-0.25, -0.2) is 0 Å². The molecule has 16 heavy (non-hydrogen) atoms. The Morgan fingerprint density at radius 3 is 3.06 bits per heavy atom. The fourth-order valence-corrected chi connectivity index (χ4v) is 1.67. The quantitative estimate of drug-likeness (QED) is 0.771. The molecule has 5 nitrogen and oxygen atoms in total. The normalized spacial score (nSPS) is 17.1. The number of carbonyl (C=O) groups is 1. The largest absolute Gasteiger partial charge is 0.361 e. The highest BCUT2D eigenvalue weighted by atomic mass is 16.5. The molecule has 0 saturated heterocycles. The third-order valence-electron chi connectivity index (χ3n) is 2.79. The fourth-order valence-electron chi connectivity index (χ4n) is 1.67. The molecule has 1 aromatic heterocycles. The van der Waals surface area contributed by atoms with Crippen LogP contribution in [0.4, 0.5) is 0 Å². The molecule has 1 unspecified atom stereocenters. The second kappa shape index (κ2) is 4.65. The number of hydrogen-bond acceptors (Lipinski definition) is 4. The van der Waals surface area contributed by atoms with Crippen molar-refractivity contribution in [2.24, 2.45) is 11.7 Å². The summed E-state index contributed by atoms with van der Waals surface area (Å²) in [4.78, 5) is 11.5. The number of rotatable bonds is 5. The van der Waals surface area contributed by atoms with Gasteiger partial charge in [0, 0.05) is 18.5 Å². The van der Waals surface area contributed by atoms with Crippen LogP contribution in [-0.2, 0) is 11.3 Å². The number of hydrogen-bond donors (Lipinski definition) is 2. The number of nitrogens with two attached hydrogens (primary N) is 1. The van der Waals surface area contributed by atoms with E-state index in [2.05, 4.69) is 10.5 Å². The van der Waals surface area contributed by atoms with Crippen molar-refractivity contribution in [3.8, 4) is 0 Å². The van der Waals surface area contributed by atoms with Gasteiger partial charge in [0.05, 0.1) is 6.54 Å². The monoisotopic (exact) mass is 223 g/mol. The molecule has 0 aromatic carbocycles. The maximum Gasteiger partial charge on any atom is 0.221 e. The van der Waals surface area contributed by atoms with Gasteiger partial charge in [-0.1, -0.05) is 5.16 Å². The zero-order valence-corrected chi connectivity index (χ0v) is 9.40. The summed E-state index contributed by atoms with van der Waals surface area (Å²) in [6.45, 7) is 2.23. The first-order valence-electron chi connectivity index (χ1n) is 5.59.